The van der Waals surface area contributed by atoms with Crippen LogP contribution in [0, 0.1) is 5.92 Å². The minimum Gasteiger partial charge on any atom is -0.498 e. The summed E-state index contributed by atoms with van der Waals surface area (Å²) in [5.41, 5.74) is 1.29. The van der Waals surface area contributed by atoms with Gasteiger partial charge in [-0.3, -0.25) is 0 Å². The van der Waals surface area contributed by atoms with Gasteiger partial charge in [0.2, 0.25) is 0 Å². The van der Waals surface area contributed by atoms with Crippen LogP contribution in [0.25, 0.3) is 0 Å². The Kier molecular flexibility index (Phi) is 7.49. The van der Waals surface area contributed by atoms with E-state index in [1.807, 2.05) is 6.92 Å². The molecular formula is C10H22O. The van der Waals surface area contributed by atoms with Crippen LogP contribution < -0.4 is 0 Å². The third kappa shape index (κ3) is 4.88. The predicted octanol–water partition coefficient (Wildman–Crippen LogP) is 3.61. The molecule has 0 heterocycles. The highest BCUT2D eigenvalue weighted by atomic mass is 16.5. The maximum Gasteiger partial charge on any atom is 0.0971 e. The van der Waals surface area contributed by atoms with Crippen molar-refractivity contribution >= 4 is 0 Å². The van der Waals surface area contributed by atoms with Gasteiger partial charge in [-0.25, -0.2) is 0 Å². The molecule has 0 atom stereocenters. The van der Waals surface area contributed by atoms with E-state index >= 15 is 0 Å². The molecule has 0 aliphatic carbocycles. The molecule has 0 N–H and O–H groups in total. The zero-order valence-corrected chi connectivity index (χ0v) is 7.69. The van der Waals surface area contributed by atoms with Crippen LogP contribution in [0.1, 0.15) is 42.0 Å². The van der Waals surface area contributed by atoms with E-state index in [9.17, 15) is 0 Å². The molecule has 0 unspecified atom stereocenters. The molecule has 1 nitrogen and oxygen atoms in total. The molecule has 11 heavy (non-hydrogen) atoms. The zero-order chi connectivity index (χ0) is 8.15. The first-order valence-electron chi connectivity index (χ1n) is 3.89. The van der Waals surface area contributed by atoms with Crippen LogP contribution in [-0.4, -0.2) is 6.61 Å². The largest absolute Gasteiger partial charge is 0.498 e. The second-order valence-electron chi connectivity index (χ2n) is 2.95. The molecule has 0 aliphatic rings. The molecule has 0 rings (SSSR count). The summed E-state index contributed by atoms with van der Waals surface area (Å²) in [5.74, 6) is 1.66. The Labute approximate surface area is 71.5 Å². The van der Waals surface area contributed by atoms with E-state index < -0.39 is 0 Å². The van der Waals surface area contributed by atoms with Crippen LogP contribution in [0.5, 0.6) is 0 Å². The van der Waals surface area contributed by atoms with Crippen molar-refractivity contribution in [2.24, 2.45) is 5.92 Å². The van der Waals surface area contributed by atoms with Gasteiger partial charge in [0.05, 0.1) is 12.4 Å². The Morgan fingerprint density at radius 3 is 1.82 bits per heavy atom. The first kappa shape index (κ1) is 13.2. The highest BCUT2D eigenvalue weighted by Gasteiger charge is 2.04. The van der Waals surface area contributed by atoms with Gasteiger partial charge < -0.3 is 4.74 Å². The molecule has 0 aromatic carbocycles. The lowest BCUT2D eigenvalue weighted by Gasteiger charge is -2.13. The number of hydrogen-bond donors (Lipinski definition) is 0. The highest BCUT2D eigenvalue weighted by molar-refractivity contribution is 5.04. The van der Waals surface area contributed by atoms with E-state index in [4.69, 9.17) is 4.74 Å². The molecular weight excluding hydrogens is 136 g/mol. The first-order valence-corrected chi connectivity index (χ1v) is 3.89. The van der Waals surface area contributed by atoms with E-state index in [-0.39, 0.29) is 7.43 Å². The maximum absolute atomic E-state index is 5.44. The van der Waals surface area contributed by atoms with Crippen LogP contribution in [0.2, 0.25) is 0 Å². The summed E-state index contributed by atoms with van der Waals surface area (Å²) in [6, 6.07) is 0. The second-order valence-corrected chi connectivity index (χ2v) is 2.95. The van der Waals surface area contributed by atoms with Gasteiger partial charge in [-0.1, -0.05) is 21.3 Å². The van der Waals surface area contributed by atoms with Crippen molar-refractivity contribution in [2.45, 2.75) is 42.0 Å². The number of rotatable bonds is 3. The quantitative estimate of drug-likeness (QED) is 0.570. The summed E-state index contributed by atoms with van der Waals surface area (Å²) < 4.78 is 5.44. The van der Waals surface area contributed by atoms with E-state index in [0.29, 0.717) is 5.92 Å². The lowest BCUT2D eigenvalue weighted by molar-refractivity contribution is 0.196. The van der Waals surface area contributed by atoms with E-state index in [1.54, 1.807) is 0 Å². The molecule has 0 amide bonds. The Morgan fingerprint density at radius 2 is 1.73 bits per heavy atom. The second kappa shape index (κ2) is 6.26. The monoisotopic (exact) mass is 158 g/mol. The van der Waals surface area contributed by atoms with Gasteiger partial charge in [0, 0.05) is 5.92 Å². The first-order chi connectivity index (χ1) is 4.59. The van der Waals surface area contributed by atoms with Crippen molar-refractivity contribution in [3.63, 3.8) is 0 Å². The molecule has 0 aromatic rings. The van der Waals surface area contributed by atoms with Gasteiger partial charge >= 0.3 is 0 Å². The van der Waals surface area contributed by atoms with E-state index in [1.165, 1.54) is 5.57 Å². The van der Waals surface area contributed by atoms with Crippen molar-refractivity contribution in [3.05, 3.63) is 11.3 Å². The molecule has 0 aromatic heterocycles. The van der Waals surface area contributed by atoms with Crippen LogP contribution in [-0.2, 0) is 4.74 Å². The van der Waals surface area contributed by atoms with E-state index in [0.717, 1.165) is 12.4 Å². The summed E-state index contributed by atoms with van der Waals surface area (Å²) in [6.45, 7) is 11.3. The number of hydrogen-bond acceptors (Lipinski definition) is 1. The van der Waals surface area contributed by atoms with Crippen LogP contribution >= 0.6 is 0 Å². The van der Waals surface area contributed by atoms with Gasteiger partial charge in [0.25, 0.3) is 0 Å². The van der Waals surface area contributed by atoms with Gasteiger partial charge in [-0.15, -0.1) is 0 Å². The lowest BCUT2D eigenvalue weighted by Crippen LogP contribution is -2.01. The van der Waals surface area contributed by atoms with Gasteiger partial charge in [0.1, 0.15) is 0 Å². The number of ether oxygens (including phenoxy) is 1. The molecule has 1 heteroatoms. The lowest BCUT2D eigenvalue weighted by atomic mass is 10.1. The zero-order valence-electron chi connectivity index (χ0n) is 7.69. The Hall–Kier alpha value is -0.460. The van der Waals surface area contributed by atoms with Crippen molar-refractivity contribution in [1.82, 2.24) is 0 Å². The Morgan fingerprint density at radius 1 is 1.27 bits per heavy atom. The summed E-state index contributed by atoms with van der Waals surface area (Å²) in [5, 5.41) is 0. The topological polar surface area (TPSA) is 9.23 Å². The van der Waals surface area contributed by atoms with Crippen molar-refractivity contribution in [3.8, 4) is 0 Å². The smallest absolute Gasteiger partial charge is 0.0971 e. The summed E-state index contributed by atoms with van der Waals surface area (Å²) in [6.07, 6.45) is 0. The summed E-state index contributed by atoms with van der Waals surface area (Å²) in [4.78, 5) is 0. The Balaban J connectivity index is 0. The maximum atomic E-state index is 5.44. The van der Waals surface area contributed by atoms with Crippen LogP contribution in [0.4, 0.5) is 0 Å². The average Bonchev–Trinajstić information content (AvgIpc) is 1.81. The molecule has 0 saturated heterocycles. The van der Waals surface area contributed by atoms with Gasteiger partial charge in [-0.2, -0.15) is 0 Å². The van der Waals surface area contributed by atoms with Crippen LogP contribution in [0.3, 0.4) is 0 Å². The molecule has 0 aliphatic heterocycles. The average molecular weight is 158 g/mol. The van der Waals surface area contributed by atoms with E-state index in [2.05, 4.69) is 27.7 Å². The standard InChI is InChI=1S/C9H18O.CH4/c1-6-10-9(7(2)3)8(4)5;/h7H,6H2,1-5H3;1H4. The highest BCUT2D eigenvalue weighted by Crippen LogP contribution is 2.15. The Bertz CT molecular complexity index is 119. The normalized spacial score (nSPS) is 8.91. The fourth-order valence-electron chi connectivity index (χ4n) is 1.04. The molecule has 0 radical (unpaired) electrons. The van der Waals surface area contributed by atoms with Crippen molar-refractivity contribution in [2.75, 3.05) is 6.61 Å². The fraction of sp³-hybridized carbons (Fsp3) is 0.800. The van der Waals surface area contributed by atoms with Gasteiger partial charge in [0.15, 0.2) is 0 Å². The molecule has 0 bridgehead atoms. The summed E-state index contributed by atoms with van der Waals surface area (Å²) in [7, 11) is 0. The third-order valence-electron chi connectivity index (χ3n) is 1.32. The van der Waals surface area contributed by atoms with Gasteiger partial charge in [-0.05, 0) is 26.3 Å². The van der Waals surface area contributed by atoms with Crippen molar-refractivity contribution in [1.29, 1.82) is 0 Å². The fourth-order valence-corrected chi connectivity index (χ4v) is 1.04. The van der Waals surface area contributed by atoms with Crippen LogP contribution in [0.15, 0.2) is 11.3 Å². The SMILES string of the molecule is C.CCOC(=C(C)C)C(C)C. The third-order valence-corrected chi connectivity index (χ3v) is 1.32. The minimum atomic E-state index is 0. The summed E-state index contributed by atoms with van der Waals surface area (Å²) >= 11 is 0. The molecule has 0 fully saturated rings. The predicted molar refractivity (Wildman–Crippen MR) is 51.6 cm³/mol. The molecule has 0 spiro atoms. The molecule has 0 saturated carbocycles. The molecule has 68 valence electrons. The minimum absolute atomic E-state index is 0. The van der Waals surface area contributed by atoms with Crippen molar-refractivity contribution < 1.29 is 4.74 Å². The number of allylic oxidation sites excluding steroid dienone is 2.